The first-order chi connectivity index (χ1) is 9.22. The van der Waals surface area contributed by atoms with Crippen molar-refractivity contribution >= 4 is 11.3 Å². The van der Waals surface area contributed by atoms with Crippen LogP contribution in [0.25, 0.3) is 0 Å². The number of rotatable bonds is 7. The van der Waals surface area contributed by atoms with Crippen LogP contribution < -0.4 is 5.32 Å². The summed E-state index contributed by atoms with van der Waals surface area (Å²) in [5.41, 5.74) is 1.25. The van der Waals surface area contributed by atoms with Gasteiger partial charge in [-0.15, -0.1) is 11.3 Å². The molecule has 0 saturated carbocycles. The Balaban J connectivity index is 1.99. The fourth-order valence-corrected chi connectivity index (χ4v) is 2.90. The standard InChI is InChI=1S/C15H22N2OS/c1-4-17(11-15-6-5-7-19-15)10-14-8-13(9-16-3)12(2)18-14/h5-8,16H,4,9-11H2,1-3H3. The molecule has 2 aromatic rings. The summed E-state index contributed by atoms with van der Waals surface area (Å²) in [7, 11) is 1.96. The zero-order valence-corrected chi connectivity index (χ0v) is 12.7. The second-order valence-electron chi connectivity index (χ2n) is 4.71. The number of hydrogen-bond acceptors (Lipinski definition) is 4. The van der Waals surface area contributed by atoms with Crippen molar-refractivity contribution in [3.05, 3.63) is 45.5 Å². The van der Waals surface area contributed by atoms with E-state index in [0.717, 1.165) is 37.7 Å². The molecule has 0 fully saturated rings. The highest BCUT2D eigenvalue weighted by molar-refractivity contribution is 7.09. The molecule has 0 spiro atoms. The lowest BCUT2D eigenvalue weighted by Crippen LogP contribution is -2.21. The normalized spacial score (nSPS) is 11.4. The summed E-state index contributed by atoms with van der Waals surface area (Å²) < 4.78 is 5.84. The Kier molecular flexibility index (Phi) is 5.19. The van der Waals surface area contributed by atoms with Crippen LogP contribution in [0.1, 0.15) is 28.9 Å². The molecular formula is C15H22N2OS. The monoisotopic (exact) mass is 278 g/mol. The lowest BCUT2D eigenvalue weighted by atomic mass is 10.2. The number of nitrogens with one attached hydrogen (secondary N) is 1. The van der Waals surface area contributed by atoms with Gasteiger partial charge in [-0.05, 0) is 38.0 Å². The molecule has 104 valence electrons. The van der Waals surface area contributed by atoms with Gasteiger partial charge in [-0.1, -0.05) is 13.0 Å². The number of furan rings is 1. The molecule has 0 aliphatic rings. The maximum atomic E-state index is 5.84. The minimum absolute atomic E-state index is 0.867. The first-order valence-corrected chi connectivity index (χ1v) is 7.58. The van der Waals surface area contributed by atoms with Crippen molar-refractivity contribution in [1.29, 1.82) is 0 Å². The zero-order valence-electron chi connectivity index (χ0n) is 11.9. The van der Waals surface area contributed by atoms with Crippen LogP contribution in [0.5, 0.6) is 0 Å². The third-order valence-electron chi connectivity index (χ3n) is 3.23. The first-order valence-electron chi connectivity index (χ1n) is 6.70. The van der Waals surface area contributed by atoms with Gasteiger partial charge in [-0.25, -0.2) is 0 Å². The lowest BCUT2D eigenvalue weighted by Gasteiger charge is -2.17. The van der Waals surface area contributed by atoms with Crippen molar-refractivity contribution in [2.24, 2.45) is 0 Å². The SMILES string of the molecule is CCN(Cc1cc(CNC)c(C)o1)Cc1cccs1. The van der Waals surface area contributed by atoms with Crippen molar-refractivity contribution in [2.45, 2.75) is 33.5 Å². The molecule has 4 heteroatoms. The molecule has 0 saturated heterocycles. The summed E-state index contributed by atoms with van der Waals surface area (Å²) in [4.78, 5) is 3.80. The van der Waals surface area contributed by atoms with E-state index in [1.807, 2.05) is 25.3 Å². The molecule has 0 aliphatic heterocycles. The summed E-state index contributed by atoms with van der Waals surface area (Å²) in [6.45, 7) is 7.99. The Morgan fingerprint density at radius 2 is 2.21 bits per heavy atom. The van der Waals surface area contributed by atoms with Crippen molar-refractivity contribution in [1.82, 2.24) is 10.2 Å². The largest absolute Gasteiger partial charge is 0.465 e. The van der Waals surface area contributed by atoms with E-state index in [4.69, 9.17) is 4.42 Å². The fourth-order valence-electron chi connectivity index (χ4n) is 2.15. The van der Waals surface area contributed by atoms with Crippen molar-refractivity contribution in [3.63, 3.8) is 0 Å². The Hall–Kier alpha value is -1.10. The predicted octanol–water partition coefficient (Wildman–Crippen LogP) is 3.39. The molecule has 0 aliphatic carbocycles. The van der Waals surface area contributed by atoms with Crippen LogP contribution in [0, 0.1) is 6.92 Å². The van der Waals surface area contributed by atoms with Gasteiger partial charge in [0.05, 0.1) is 6.54 Å². The Morgan fingerprint density at radius 3 is 2.84 bits per heavy atom. The van der Waals surface area contributed by atoms with Crippen molar-refractivity contribution in [2.75, 3.05) is 13.6 Å². The molecule has 3 nitrogen and oxygen atoms in total. The van der Waals surface area contributed by atoms with Gasteiger partial charge in [-0.3, -0.25) is 4.90 Å². The van der Waals surface area contributed by atoms with E-state index < -0.39 is 0 Å². The number of aryl methyl sites for hydroxylation is 1. The Labute approximate surface area is 119 Å². The number of hydrogen-bond donors (Lipinski definition) is 1. The van der Waals surface area contributed by atoms with Gasteiger partial charge in [0.1, 0.15) is 11.5 Å². The van der Waals surface area contributed by atoms with Crippen molar-refractivity contribution in [3.8, 4) is 0 Å². The third-order valence-corrected chi connectivity index (χ3v) is 4.09. The van der Waals surface area contributed by atoms with Gasteiger partial charge in [0, 0.05) is 23.5 Å². The maximum absolute atomic E-state index is 5.84. The average molecular weight is 278 g/mol. The maximum Gasteiger partial charge on any atom is 0.118 e. The van der Waals surface area contributed by atoms with E-state index in [1.54, 1.807) is 0 Å². The first kappa shape index (κ1) is 14.3. The van der Waals surface area contributed by atoms with E-state index in [9.17, 15) is 0 Å². The number of nitrogens with zero attached hydrogens (tertiary/aromatic N) is 1. The predicted molar refractivity (Wildman–Crippen MR) is 80.3 cm³/mol. The smallest absolute Gasteiger partial charge is 0.118 e. The molecule has 0 unspecified atom stereocenters. The zero-order chi connectivity index (χ0) is 13.7. The molecule has 1 N–H and O–H groups in total. The van der Waals surface area contributed by atoms with Gasteiger partial charge >= 0.3 is 0 Å². The minimum Gasteiger partial charge on any atom is -0.465 e. The minimum atomic E-state index is 0.867. The van der Waals surface area contributed by atoms with Gasteiger partial charge in [0.15, 0.2) is 0 Å². The average Bonchev–Trinajstić information content (AvgIpc) is 3.00. The molecule has 19 heavy (non-hydrogen) atoms. The quantitative estimate of drug-likeness (QED) is 0.841. The molecule has 0 amide bonds. The molecule has 0 atom stereocenters. The molecule has 2 aromatic heterocycles. The van der Waals surface area contributed by atoms with Crippen LogP contribution >= 0.6 is 11.3 Å². The van der Waals surface area contributed by atoms with Crippen LogP contribution in [0.15, 0.2) is 28.0 Å². The fraction of sp³-hybridized carbons (Fsp3) is 0.467. The Morgan fingerprint density at radius 1 is 1.37 bits per heavy atom. The summed E-state index contributed by atoms with van der Waals surface area (Å²) in [6.07, 6.45) is 0. The topological polar surface area (TPSA) is 28.4 Å². The second kappa shape index (κ2) is 6.89. The molecule has 0 bridgehead atoms. The van der Waals surface area contributed by atoms with E-state index in [1.165, 1.54) is 10.4 Å². The second-order valence-corrected chi connectivity index (χ2v) is 5.74. The van der Waals surface area contributed by atoms with Crippen LogP contribution in [-0.4, -0.2) is 18.5 Å². The molecular weight excluding hydrogens is 256 g/mol. The Bertz CT molecular complexity index is 490. The summed E-state index contributed by atoms with van der Waals surface area (Å²) in [6, 6.07) is 6.46. The van der Waals surface area contributed by atoms with E-state index in [0.29, 0.717) is 0 Å². The van der Waals surface area contributed by atoms with Crippen LogP contribution in [-0.2, 0) is 19.6 Å². The van der Waals surface area contributed by atoms with E-state index in [2.05, 4.69) is 40.7 Å². The van der Waals surface area contributed by atoms with Gasteiger partial charge in [-0.2, -0.15) is 0 Å². The highest BCUT2D eigenvalue weighted by Gasteiger charge is 2.11. The molecule has 0 aromatic carbocycles. The highest BCUT2D eigenvalue weighted by atomic mass is 32.1. The highest BCUT2D eigenvalue weighted by Crippen LogP contribution is 2.18. The summed E-state index contributed by atoms with van der Waals surface area (Å²) in [5.74, 6) is 2.08. The van der Waals surface area contributed by atoms with Gasteiger partial charge in [0.25, 0.3) is 0 Å². The van der Waals surface area contributed by atoms with Crippen LogP contribution in [0.2, 0.25) is 0 Å². The molecule has 2 rings (SSSR count). The van der Waals surface area contributed by atoms with Gasteiger partial charge in [0.2, 0.25) is 0 Å². The van der Waals surface area contributed by atoms with Crippen LogP contribution in [0.4, 0.5) is 0 Å². The summed E-state index contributed by atoms with van der Waals surface area (Å²) in [5, 5.41) is 5.30. The van der Waals surface area contributed by atoms with E-state index >= 15 is 0 Å². The van der Waals surface area contributed by atoms with Crippen molar-refractivity contribution < 1.29 is 4.42 Å². The molecule has 0 radical (unpaired) electrons. The van der Waals surface area contributed by atoms with E-state index in [-0.39, 0.29) is 0 Å². The molecule has 2 heterocycles. The number of thiophene rings is 1. The summed E-state index contributed by atoms with van der Waals surface area (Å²) >= 11 is 1.81. The lowest BCUT2D eigenvalue weighted by molar-refractivity contribution is 0.248. The third kappa shape index (κ3) is 3.93. The van der Waals surface area contributed by atoms with Crippen LogP contribution in [0.3, 0.4) is 0 Å². The van der Waals surface area contributed by atoms with Gasteiger partial charge < -0.3 is 9.73 Å².